The highest BCUT2D eigenvalue weighted by atomic mass is 16.5. The van der Waals surface area contributed by atoms with Crippen molar-refractivity contribution in [2.24, 2.45) is 11.7 Å². The van der Waals surface area contributed by atoms with Crippen LogP contribution in [0.2, 0.25) is 0 Å². The molecule has 3 heteroatoms. The van der Waals surface area contributed by atoms with Gasteiger partial charge in [-0.15, -0.1) is 0 Å². The smallest absolute Gasteiger partial charge is 0.121 e. The van der Waals surface area contributed by atoms with Crippen LogP contribution in [-0.2, 0) is 0 Å². The van der Waals surface area contributed by atoms with E-state index >= 15 is 0 Å². The van der Waals surface area contributed by atoms with Crippen LogP contribution in [0.4, 0.5) is 5.69 Å². The molecule has 0 saturated carbocycles. The Bertz CT molecular complexity index is 337. The van der Waals surface area contributed by atoms with E-state index in [1.54, 1.807) is 7.11 Å². The zero-order valence-electron chi connectivity index (χ0n) is 10.6. The minimum atomic E-state index is 0.313. The Morgan fingerprint density at radius 2 is 2.06 bits per heavy atom. The van der Waals surface area contributed by atoms with E-state index in [-0.39, 0.29) is 0 Å². The molecule has 1 aromatic rings. The van der Waals surface area contributed by atoms with Crippen LogP contribution in [0.25, 0.3) is 0 Å². The fraction of sp³-hybridized carbons (Fsp3) is 0.538. The third kappa shape index (κ3) is 3.14. The first-order chi connectivity index (χ1) is 7.58. The average molecular weight is 222 g/mol. The Morgan fingerprint density at radius 3 is 2.50 bits per heavy atom. The first-order valence-electron chi connectivity index (χ1n) is 5.69. The third-order valence-electron chi connectivity index (χ3n) is 2.81. The van der Waals surface area contributed by atoms with Gasteiger partial charge in [-0.2, -0.15) is 0 Å². The van der Waals surface area contributed by atoms with E-state index < -0.39 is 0 Å². The van der Waals surface area contributed by atoms with Crippen LogP contribution in [0.3, 0.4) is 0 Å². The highest BCUT2D eigenvalue weighted by Crippen LogP contribution is 2.22. The Balaban J connectivity index is 2.78. The summed E-state index contributed by atoms with van der Waals surface area (Å²) in [6, 6.07) is 6.40. The number of ether oxygens (including phenoxy) is 1. The predicted octanol–water partition coefficient (Wildman–Crippen LogP) is 2.40. The molecule has 16 heavy (non-hydrogen) atoms. The number of nitrogens with two attached hydrogens (primary N) is 1. The van der Waals surface area contributed by atoms with Crippen LogP contribution in [0, 0.1) is 12.8 Å². The van der Waals surface area contributed by atoms with Crippen molar-refractivity contribution in [1.82, 2.24) is 0 Å². The summed E-state index contributed by atoms with van der Waals surface area (Å²) < 4.78 is 5.23. The molecular weight excluding hydrogens is 200 g/mol. The number of anilines is 1. The Hall–Kier alpha value is -1.22. The second-order valence-electron chi connectivity index (χ2n) is 4.41. The fourth-order valence-electron chi connectivity index (χ4n) is 1.68. The summed E-state index contributed by atoms with van der Waals surface area (Å²) >= 11 is 0. The van der Waals surface area contributed by atoms with Crippen molar-refractivity contribution in [3.8, 4) is 5.75 Å². The average Bonchev–Trinajstić information content (AvgIpc) is 2.25. The van der Waals surface area contributed by atoms with Crippen LogP contribution >= 0.6 is 0 Å². The largest absolute Gasteiger partial charge is 0.496 e. The van der Waals surface area contributed by atoms with Gasteiger partial charge < -0.3 is 15.8 Å². The summed E-state index contributed by atoms with van der Waals surface area (Å²) in [5, 5.41) is 3.44. The monoisotopic (exact) mass is 222 g/mol. The van der Waals surface area contributed by atoms with Crippen molar-refractivity contribution in [2.45, 2.75) is 26.8 Å². The molecular formula is C13H22N2O. The molecule has 3 nitrogen and oxygen atoms in total. The number of benzene rings is 1. The molecule has 3 N–H and O–H groups in total. The van der Waals surface area contributed by atoms with Gasteiger partial charge in [0.05, 0.1) is 7.11 Å². The molecule has 90 valence electrons. The molecule has 1 aromatic carbocycles. The Labute approximate surface area is 98.0 Å². The van der Waals surface area contributed by atoms with Gasteiger partial charge in [0.2, 0.25) is 0 Å². The number of hydrogen-bond acceptors (Lipinski definition) is 3. The van der Waals surface area contributed by atoms with Gasteiger partial charge in [0.1, 0.15) is 5.75 Å². The molecule has 0 amide bonds. The van der Waals surface area contributed by atoms with E-state index in [1.807, 2.05) is 19.1 Å². The van der Waals surface area contributed by atoms with Gasteiger partial charge >= 0.3 is 0 Å². The van der Waals surface area contributed by atoms with E-state index in [0.29, 0.717) is 18.5 Å². The van der Waals surface area contributed by atoms with E-state index in [4.69, 9.17) is 10.5 Å². The molecule has 0 heterocycles. The lowest BCUT2D eigenvalue weighted by atomic mass is 10.0. The molecule has 0 radical (unpaired) electrons. The topological polar surface area (TPSA) is 47.3 Å². The predicted molar refractivity (Wildman–Crippen MR) is 69.0 cm³/mol. The number of hydrogen-bond donors (Lipinski definition) is 2. The van der Waals surface area contributed by atoms with Crippen molar-refractivity contribution in [1.29, 1.82) is 0 Å². The quantitative estimate of drug-likeness (QED) is 0.804. The zero-order valence-corrected chi connectivity index (χ0v) is 10.6. The van der Waals surface area contributed by atoms with E-state index in [1.165, 1.54) is 0 Å². The normalized spacial score (nSPS) is 12.6. The third-order valence-corrected chi connectivity index (χ3v) is 2.81. The van der Waals surface area contributed by atoms with Crippen molar-refractivity contribution in [3.05, 3.63) is 23.8 Å². The molecule has 0 aliphatic rings. The van der Waals surface area contributed by atoms with Gasteiger partial charge in [0.25, 0.3) is 0 Å². The van der Waals surface area contributed by atoms with Gasteiger partial charge in [-0.25, -0.2) is 0 Å². The van der Waals surface area contributed by atoms with Crippen molar-refractivity contribution in [3.63, 3.8) is 0 Å². The number of methoxy groups -OCH3 is 1. The number of rotatable bonds is 5. The highest BCUT2D eigenvalue weighted by Gasteiger charge is 2.11. The molecule has 0 aliphatic heterocycles. The summed E-state index contributed by atoms with van der Waals surface area (Å²) in [5.41, 5.74) is 7.96. The van der Waals surface area contributed by atoms with Gasteiger partial charge in [0.15, 0.2) is 0 Å². The lowest BCUT2D eigenvalue weighted by molar-refractivity contribution is 0.411. The first kappa shape index (κ1) is 12.8. The lowest BCUT2D eigenvalue weighted by Crippen LogP contribution is -2.33. The molecule has 0 fully saturated rings. The van der Waals surface area contributed by atoms with Gasteiger partial charge in [0, 0.05) is 18.3 Å². The molecule has 1 rings (SSSR count). The summed E-state index contributed by atoms with van der Waals surface area (Å²) in [7, 11) is 1.69. The SMILES string of the molecule is COc1ccc(NC(CN)C(C)C)cc1C. The van der Waals surface area contributed by atoms with Gasteiger partial charge in [-0.1, -0.05) is 13.8 Å². The summed E-state index contributed by atoms with van der Waals surface area (Å²) in [5.74, 6) is 1.44. The summed E-state index contributed by atoms with van der Waals surface area (Å²) in [4.78, 5) is 0. The maximum Gasteiger partial charge on any atom is 0.121 e. The molecule has 0 aliphatic carbocycles. The molecule has 1 unspecified atom stereocenters. The van der Waals surface area contributed by atoms with Gasteiger partial charge in [-0.3, -0.25) is 0 Å². The highest BCUT2D eigenvalue weighted by molar-refractivity contribution is 5.51. The molecule has 0 spiro atoms. The first-order valence-corrected chi connectivity index (χ1v) is 5.69. The van der Waals surface area contributed by atoms with Crippen LogP contribution in [-0.4, -0.2) is 19.7 Å². The Morgan fingerprint density at radius 1 is 1.38 bits per heavy atom. The fourth-order valence-corrected chi connectivity index (χ4v) is 1.68. The second-order valence-corrected chi connectivity index (χ2v) is 4.41. The van der Waals surface area contributed by atoms with Crippen molar-refractivity contribution in [2.75, 3.05) is 19.0 Å². The van der Waals surface area contributed by atoms with Gasteiger partial charge in [-0.05, 0) is 36.6 Å². The maximum absolute atomic E-state index is 5.73. The lowest BCUT2D eigenvalue weighted by Gasteiger charge is -2.22. The standard InChI is InChI=1S/C13H22N2O/c1-9(2)12(8-14)15-11-5-6-13(16-4)10(3)7-11/h5-7,9,12,15H,8,14H2,1-4H3. The van der Waals surface area contributed by atoms with Crippen molar-refractivity contribution >= 4 is 5.69 Å². The number of aryl methyl sites for hydroxylation is 1. The van der Waals surface area contributed by atoms with Crippen LogP contribution in [0.1, 0.15) is 19.4 Å². The number of nitrogens with one attached hydrogen (secondary N) is 1. The van der Waals surface area contributed by atoms with Crippen LogP contribution < -0.4 is 15.8 Å². The molecule has 0 bridgehead atoms. The summed E-state index contributed by atoms with van der Waals surface area (Å²) in [6.07, 6.45) is 0. The maximum atomic E-state index is 5.73. The van der Waals surface area contributed by atoms with Crippen LogP contribution in [0.5, 0.6) is 5.75 Å². The zero-order chi connectivity index (χ0) is 12.1. The molecule has 0 aromatic heterocycles. The summed E-state index contributed by atoms with van der Waals surface area (Å²) in [6.45, 7) is 7.02. The van der Waals surface area contributed by atoms with E-state index in [9.17, 15) is 0 Å². The van der Waals surface area contributed by atoms with E-state index in [0.717, 1.165) is 17.0 Å². The van der Waals surface area contributed by atoms with Crippen LogP contribution in [0.15, 0.2) is 18.2 Å². The minimum Gasteiger partial charge on any atom is -0.496 e. The Kier molecular flexibility index (Phi) is 4.62. The van der Waals surface area contributed by atoms with Crippen molar-refractivity contribution < 1.29 is 4.74 Å². The molecule has 0 saturated heterocycles. The minimum absolute atomic E-state index is 0.313. The molecule has 1 atom stereocenters. The van der Waals surface area contributed by atoms with E-state index in [2.05, 4.69) is 25.2 Å². The second kappa shape index (κ2) is 5.75.